The van der Waals surface area contributed by atoms with E-state index in [1.165, 1.54) is 26.0 Å². The lowest BCUT2D eigenvalue weighted by atomic mass is 10.5. The van der Waals surface area contributed by atoms with Gasteiger partial charge in [0.1, 0.15) is 0 Å². The first-order valence-corrected chi connectivity index (χ1v) is 7.22. The van der Waals surface area contributed by atoms with Crippen molar-refractivity contribution < 1.29 is 23.2 Å². The third-order valence-electron chi connectivity index (χ3n) is 2.13. The van der Waals surface area contributed by atoms with E-state index in [2.05, 4.69) is 0 Å². The minimum atomic E-state index is -3.71. The van der Waals surface area contributed by atoms with Gasteiger partial charge >= 0.3 is 7.60 Å². The number of likely N-dealkylation sites (N-methyl/N-ethyl adjacent to an activating group) is 2. The third kappa shape index (κ3) is 4.08. The van der Waals surface area contributed by atoms with Crippen LogP contribution in [0.4, 0.5) is 0 Å². The molecule has 0 fully saturated rings. The van der Waals surface area contributed by atoms with Gasteiger partial charge in [0.15, 0.2) is 0 Å². The van der Waals surface area contributed by atoms with Crippen molar-refractivity contribution in [2.45, 2.75) is 19.6 Å². The van der Waals surface area contributed by atoms with E-state index in [9.17, 15) is 14.2 Å². The zero-order chi connectivity index (χ0) is 14.3. The van der Waals surface area contributed by atoms with Crippen molar-refractivity contribution in [2.75, 3.05) is 34.4 Å². The second kappa shape index (κ2) is 7.51. The highest BCUT2D eigenvalue weighted by Crippen LogP contribution is 2.54. The molecule has 7 nitrogen and oxygen atoms in total. The van der Waals surface area contributed by atoms with E-state index in [0.29, 0.717) is 6.41 Å². The smallest absolute Gasteiger partial charge is 0.346 e. The summed E-state index contributed by atoms with van der Waals surface area (Å²) >= 11 is 0. The molecule has 0 aromatic rings. The molecule has 0 aromatic heterocycles. The maximum atomic E-state index is 12.6. The fraction of sp³-hybridized carbons (Fsp3) is 0.800. The molecule has 0 radical (unpaired) electrons. The van der Waals surface area contributed by atoms with Crippen molar-refractivity contribution in [3.05, 3.63) is 0 Å². The van der Waals surface area contributed by atoms with Gasteiger partial charge in [-0.2, -0.15) is 0 Å². The molecule has 106 valence electrons. The van der Waals surface area contributed by atoms with Crippen LogP contribution in [-0.2, 0) is 23.2 Å². The van der Waals surface area contributed by atoms with E-state index in [1.54, 1.807) is 13.8 Å². The van der Waals surface area contributed by atoms with E-state index in [1.807, 2.05) is 0 Å². The summed E-state index contributed by atoms with van der Waals surface area (Å²) in [6.07, 6.45) is 0.427. The number of carbonyl (C=O) groups excluding carboxylic acids is 2. The zero-order valence-corrected chi connectivity index (χ0v) is 12.3. The Kier molecular flexibility index (Phi) is 7.13. The topological polar surface area (TPSA) is 76.2 Å². The van der Waals surface area contributed by atoms with Gasteiger partial charge < -0.3 is 18.8 Å². The first kappa shape index (κ1) is 17.1. The summed E-state index contributed by atoms with van der Waals surface area (Å²) in [5.74, 6) is -1.76. The van der Waals surface area contributed by atoms with E-state index in [0.717, 1.165) is 4.90 Å². The lowest BCUT2D eigenvalue weighted by Gasteiger charge is -2.31. The first-order chi connectivity index (χ1) is 8.33. The molecule has 0 aliphatic rings. The summed E-state index contributed by atoms with van der Waals surface area (Å²) in [4.78, 5) is 25.1. The standard InChI is InChI=1S/C10H21N2O5P/c1-6-16-18(15,17-7-2)10(12(5)8-13)9(14)11(3)4/h8,10H,6-7H2,1-5H3. The maximum Gasteiger partial charge on any atom is 0.362 e. The fourth-order valence-electron chi connectivity index (χ4n) is 1.36. The Balaban J connectivity index is 5.43. The fourth-order valence-corrected chi connectivity index (χ4v) is 3.44. The highest BCUT2D eigenvalue weighted by atomic mass is 31.2. The Labute approximate surface area is 108 Å². The Morgan fingerprint density at radius 3 is 1.94 bits per heavy atom. The van der Waals surface area contributed by atoms with Gasteiger partial charge in [-0.05, 0) is 13.8 Å². The van der Waals surface area contributed by atoms with Crippen LogP contribution < -0.4 is 0 Å². The largest absolute Gasteiger partial charge is 0.362 e. The quantitative estimate of drug-likeness (QED) is 0.484. The summed E-state index contributed by atoms with van der Waals surface area (Å²) in [5, 5.41) is 0. The molecule has 0 spiro atoms. The average molecular weight is 280 g/mol. The number of nitrogens with zero attached hydrogens (tertiary/aromatic N) is 2. The number of amides is 2. The molecule has 0 saturated carbocycles. The van der Waals surface area contributed by atoms with Crippen LogP contribution in [0.1, 0.15) is 13.8 Å². The molecule has 8 heteroatoms. The second-order valence-electron chi connectivity index (χ2n) is 3.75. The number of carbonyl (C=O) groups is 2. The van der Waals surface area contributed by atoms with Gasteiger partial charge in [0.2, 0.25) is 12.2 Å². The van der Waals surface area contributed by atoms with Gasteiger partial charge in [-0.25, -0.2) is 0 Å². The number of rotatable bonds is 8. The van der Waals surface area contributed by atoms with Crippen molar-refractivity contribution in [3.63, 3.8) is 0 Å². The van der Waals surface area contributed by atoms with Crippen LogP contribution in [0.3, 0.4) is 0 Å². The molecular weight excluding hydrogens is 259 g/mol. The normalized spacial score (nSPS) is 12.9. The second-order valence-corrected chi connectivity index (χ2v) is 5.84. The average Bonchev–Trinajstić information content (AvgIpc) is 2.29. The lowest BCUT2D eigenvalue weighted by Crippen LogP contribution is -2.44. The van der Waals surface area contributed by atoms with Gasteiger partial charge in [-0.1, -0.05) is 0 Å². The molecule has 0 rings (SSSR count). The lowest BCUT2D eigenvalue weighted by molar-refractivity contribution is -0.135. The molecular formula is C10H21N2O5P. The van der Waals surface area contributed by atoms with Crippen LogP contribution in [0.5, 0.6) is 0 Å². The molecule has 0 heterocycles. The summed E-state index contributed by atoms with van der Waals surface area (Å²) in [5.41, 5.74) is 0. The third-order valence-corrected chi connectivity index (χ3v) is 4.55. The summed E-state index contributed by atoms with van der Waals surface area (Å²) in [6, 6.07) is 0. The summed E-state index contributed by atoms with van der Waals surface area (Å²) in [6.45, 7) is 3.54. The monoisotopic (exact) mass is 280 g/mol. The van der Waals surface area contributed by atoms with Gasteiger partial charge in [-0.15, -0.1) is 0 Å². The zero-order valence-electron chi connectivity index (χ0n) is 11.5. The number of hydrogen-bond donors (Lipinski definition) is 0. The minimum Gasteiger partial charge on any atom is -0.346 e. The molecule has 18 heavy (non-hydrogen) atoms. The summed E-state index contributed by atoms with van der Waals surface area (Å²) < 4.78 is 22.8. The van der Waals surface area contributed by atoms with Gasteiger partial charge in [0, 0.05) is 21.1 Å². The van der Waals surface area contributed by atoms with Crippen LogP contribution in [0.15, 0.2) is 0 Å². The molecule has 0 aliphatic heterocycles. The Morgan fingerprint density at radius 1 is 1.22 bits per heavy atom. The van der Waals surface area contributed by atoms with E-state index < -0.39 is 19.3 Å². The van der Waals surface area contributed by atoms with E-state index in [-0.39, 0.29) is 13.2 Å². The van der Waals surface area contributed by atoms with Gasteiger partial charge in [0.25, 0.3) is 5.91 Å². The molecule has 0 bridgehead atoms. The van der Waals surface area contributed by atoms with Crippen LogP contribution in [0.25, 0.3) is 0 Å². The van der Waals surface area contributed by atoms with Crippen LogP contribution in [0.2, 0.25) is 0 Å². The summed E-state index contributed by atoms with van der Waals surface area (Å²) in [7, 11) is 0.676. The molecule has 0 N–H and O–H groups in total. The van der Waals surface area contributed by atoms with Crippen LogP contribution in [0, 0.1) is 0 Å². The predicted octanol–water partition coefficient (Wildman–Crippen LogP) is 0.755. The number of hydrogen-bond acceptors (Lipinski definition) is 5. The highest BCUT2D eigenvalue weighted by molar-refractivity contribution is 7.55. The Bertz CT molecular complexity index is 324. The minimum absolute atomic E-state index is 0.126. The first-order valence-electron chi connectivity index (χ1n) is 5.61. The van der Waals surface area contributed by atoms with E-state index in [4.69, 9.17) is 9.05 Å². The Hall–Kier alpha value is -0.910. The van der Waals surface area contributed by atoms with Gasteiger partial charge in [-0.3, -0.25) is 14.2 Å². The Morgan fingerprint density at radius 2 is 1.67 bits per heavy atom. The molecule has 0 aliphatic carbocycles. The molecule has 0 aromatic carbocycles. The van der Waals surface area contributed by atoms with Crippen molar-refractivity contribution in [1.29, 1.82) is 0 Å². The van der Waals surface area contributed by atoms with Crippen LogP contribution in [-0.4, -0.2) is 62.3 Å². The van der Waals surface area contributed by atoms with Crippen molar-refractivity contribution >= 4 is 19.9 Å². The van der Waals surface area contributed by atoms with Crippen molar-refractivity contribution in [1.82, 2.24) is 9.80 Å². The van der Waals surface area contributed by atoms with Crippen molar-refractivity contribution in [2.24, 2.45) is 0 Å². The maximum absolute atomic E-state index is 12.6. The molecule has 1 unspecified atom stereocenters. The highest BCUT2D eigenvalue weighted by Gasteiger charge is 2.44. The van der Waals surface area contributed by atoms with Crippen LogP contribution >= 0.6 is 7.60 Å². The predicted molar refractivity (Wildman–Crippen MR) is 67.2 cm³/mol. The molecule has 2 amide bonds. The van der Waals surface area contributed by atoms with E-state index >= 15 is 0 Å². The SMILES string of the molecule is CCOP(=O)(OCC)C(C(=O)N(C)C)N(C)C=O. The van der Waals surface area contributed by atoms with Gasteiger partial charge in [0.05, 0.1) is 13.2 Å². The molecule has 0 saturated heterocycles. The van der Waals surface area contributed by atoms with Crippen molar-refractivity contribution in [3.8, 4) is 0 Å². The molecule has 1 atom stereocenters.